The molecule has 208 valence electrons. The number of amides is 3. The Morgan fingerprint density at radius 3 is 2.48 bits per heavy atom. The molecule has 3 aromatic rings. The van der Waals surface area contributed by atoms with Gasteiger partial charge >= 0.3 is 0 Å². The summed E-state index contributed by atoms with van der Waals surface area (Å²) in [5.41, 5.74) is 1.55. The lowest BCUT2D eigenvalue weighted by atomic mass is 10.1. The zero-order valence-corrected chi connectivity index (χ0v) is 23.1. The number of unbranched alkanes of at least 4 members (excludes halogenated alkanes) is 3. The van der Waals surface area contributed by atoms with Crippen molar-refractivity contribution in [3.63, 3.8) is 0 Å². The molecule has 1 fully saturated rings. The average molecular weight is 563 g/mol. The highest BCUT2D eigenvalue weighted by Crippen LogP contribution is 2.34. The molecular weight excluding hydrogens is 532 g/mol. The number of benzene rings is 3. The number of hydrogen-bond donors (Lipinski definition) is 0. The highest BCUT2D eigenvalue weighted by atomic mass is 35.5. The van der Waals surface area contributed by atoms with Gasteiger partial charge in [0.2, 0.25) is 12.7 Å². The lowest BCUT2D eigenvalue weighted by molar-refractivity contribution is -0.122. The minimum absolute atomic E-state index is 0.0977. The molecule has 3 amide bonds. The second-order valence-electron chi connectivity index (χ2n) is 9.82. The topological polar surface area (TPSA) is 85.4 Å². The van der Waals surface area contributed by atoms with Crippen LogP contribution in [-0.4, -0.2) is 42.1 Å². The largest absolute Gasteiger partial charge is 0.494 e. The summed E-state index contributed by atoms with van der Waals surface area (Å²) in [6.45, 7) is 3.00. The predicted molar refractivity (Wildman–Crippen MR) is 151 cm³/mol. The Labute approximate surface area is 238 Å². The van der Waals surface area contributed by atoms with Crippen molar-refractivity contribution in [3.05, 3.63) is 82.9 Å². The first-order valence-electron chi connectivity index (χ1n) is 13.5. The summed E-state index contributed by atoms with van der Waals surface area (Å²) >= 11 is 6.03. The van der Waals surface area contributed by atoms with Crippen LogP contribution in [-0.2, 0) is 16.1 Å². The summed E-state index contributed by atoms with van der Waals surface area (Å²) in [5, 5.41) is 0.491. The zero-order chi connectivity index (χ0) is 28.1. The van der Waals surface area contributed by atoms with Crippen LogP contribution in [0, 0.1) is 0 Å². The third-order valence-corrected chi connectivity index (χ3v) is 7.25. The standard InChI is InChI=1S/C31H31ClN2O6/c1-2-3-4-5-16-38-25-13-11-24(12-14-25)34-29(35)18-26(31(34)37)33(30(36)22-7-9-23(32)10-8-22)19-21-6-15-27-28(17-21)40-20-39-27/h6-15,17,26H,2-5,16,18-20H2,1H3/t26-/m0/s1. The summed E-state index contributed by atoms with van der Waals surface area (Å²) in [6, 6.07) is 17.8. The molecule has 2 aliphatic rings. The van der Waals surface area contributed by atoms with E-state index in [0.717, 1.165) is 29.7 Å². The molecule has 0 bridgehead atoms. The molecular formula is C31H31ClN2O6. The molecule has 40 heavy (non-hydrogen) atoms. The van der Waals surface area contributed by atoms with Crippen molar-refractivity contribution >= 4 is 35.0 Å². The molecule has 2 heterocycles. The molecule has 0 aliphatic carbocycles. The van der Waals surface area contributed by atoms with Crippen LogP contribution in [0.5, 0.6) is 17.2 Å². The molecule has 9 heteroatoms. The Balaban J connectivity index is 1.36. The number of nitrogens with zero attached hydrogens (tertiary/aromatic N) is 2. The van der Waals surface area contributed by atoms with E-state index in [9.17, 15) is 14.4 Å². The average Bonchev–Trinajstić information content (AvgIpc) is 3.55. The molecule has 5 rings (SSSR count). The number of halogens is 1. The Bertz CT molecular complexity index is 1380. The van der Waals surface area contributed by atoms with Gasteiger partial charge < -0.3 is 19.1 Å². The molecule has 0 radical (unpaired) electrons. The van der Waals surface area contributed by atoms with Gasteiger partial charge in [-0.1, -0.05) is 43.9 Å². The molecule has 1 saturated heterocycles. The van der Waals surface area contributed by atoms with Crippen LogP contribution in [0.15, 0.2) is 66.7 Å². The van der Waals surface area contributed by atoms with Crippen LogP contribution in [0.25, 0.3) is 0 Å². The van der Waals surface area contributed by atoms with Gasteiger partial charge in [0.15, 0.2) is 11.5 Å². The lowest BCUT2D eigenvalue weighted by Gasteiger charge is -2.28. The van der Waals surface area contributed by atoms with Gasteiger partial charge in [-0.05, 0) is 72.6 Å². The number of carbonyl (C=O) groups excluding carboxylic acids is 3. The van der Waals surface area contributed by atoms with E-state index in [1.54, 1.807) is 60.7 Å². The van der Waals surface area contributed by atoms with Gasteiger partial charge in [0.1, 0.15) is 11.8 Å². The first-order chi connectivity index (χ1) is 19.4. The van der Waals surface area contributed by atoms with Crippen LogP contribution >= 0.6 is 11.6 Å². The summed E-state index contributed by atoms with van der Waals surface area (Å²) in [5.74, 6) is 0.655. The van der Waals surface area contributed by atoms with Gasteiger partial charge in [0.05, 0.1) is 18.7 Å². The van der Waals surface area contributed by atoms with Crippen LogP contribution < -0.4 is 19.1 Å². The van der Waals surface area contributed by atoms with E-state index in [1.165, 1.54) is 11.3 Å². The van der Waals surface area contributed by atoms with Crippen molar-refractivity contribution in [2.24, 2.45) is 0 Å². The quantitative estimate of drug-likeness (QED) is 0.210. The molecule has 0 saturated carbocycles. The molecule has 0 aromatic heterocycles. The number of anilines is 1. The van der Waals surface area contributed by atoms with Crippen LogP contribution in [0.1, 0.15) is 54.9 Å². The minimum Gasteiger partial charge on any atom is -0.494 e. The first kappa shape index (κ1) is 27.5. The van der Waals surface area contributed by atoms with Gasteiger partial charge in [0.25, 0.3) is 11.8 Å². The normalized spacial score (nSPS) is 15.9. The van der Waals surface area contributed by atoms with Crippen LogP contribution in [0.2, 0.25) is 5.02 Å². The zero-order valence-electron chi connectivity index (χ0n) is 22.3. The van der Waals surface area contributed by atoms with E-state index < -0.39 is 11.9 Å². The highest BCUT2D eigenvalue weighted by molar-refractivity contribution is 6.30. The number of carbonyl (C=O) groups is 3. The third-order valence-electron chi connectivity index (χ3n) is 7.00. The smallest absolute Gasteiger partial charge is 0.257 e. The van der Waals surface area contributed by atoms with Crippen molar-refractivity contribution in [2.75, 3.05) is 18.3 Å². The third kappa shape index (κ3) is 6.07. The van der Waals surface area contributed by atoms with Crippen molar-refractivity contribution in [3.8, 4) is 17.2 Å². The van der Waals surface area contributed by atoms with Crippen LogP contribution in [0.4, 0.5) is 5.69 Å². The second kappa shape index (κ2) is 12.4. The number of hydrogen-bond acceptors (Lipinski definition) is 6. The molecule has 0 unspecified atom stereocenters. The summed E-state index contributed by atoms with van der Waals surface area (Å²) in [6.07, 6.45) is 4.30. The van der Waals surface area contributed by atoms with Gasteiger partial charge in [-0.25, -0.2) is 4.90 Å². The Morgan fingerprint density at radius 2 is 1.73 bits per heavy atom. The van der Waals surface area contributed by atoms with E-state index in [0.29, 0.717) is 40.1 Å². The van der Waals surface area contributed by atoms with Gasteiger partial charge in [-0.3, -0.25) is 14.4 Å². The second-order valence-corrected chi connectivity index (χ2v) is 10.3. The fraction of sp³-hybridized carbons (Fsp3) is 0.323. The van der Waals surface area contributed by atoms with Crippen molar-refractivity contribution in [2.45, 2.75) is 51.6 Å². The van der Waals surface area contributed by atoms with Crippen molar-refractivity contribution < 1.29 is 28.6 Å². The van der Waals surface area contributed by atoms with Crippen molar-refractivity contribution in [1.29, 1.82) is 0 Å². The SMILES string of the molecule is CCCCCCOc1ccc(N2C(=O)C[C@H](N(Cc3ccc4c(c3)OCO4)C(=O)c3ccc(Cl)cc3)C2=O)cc1. The van der Waals surface area contributed by atoms with E-state index in [1.807, 2.05) is 6.07 Å². The maximum absolute atomic E-state index is 13.7. The first-order valence-corrected chi connectivity index (χ1v) is 13.9. The van der Waals surface area contributed by atoms with E-state index in [4.69, 9.17) is 25.8 Å². The van der Waals surface area contributed by atoms with E-state index >= 15 is 0 Å². The number of fused-ring (bicyclic) bond motifs is 1. The minimum atomic E-state index is -0.976. The summed E-state index contributed by atoms with van der Waals surface area (Å²) in [7, 11) is 0. The van der Waals surface area contributed by atoms with E-state index in [2.05, 4.69) is 6.92 Å². The van der Waals surface area contributed by atoms with E-state index in [-0.39, 0.29) is 31.6 Å². The Hall–Kier alpha value is -4.04. The molecule has 2 aliphatic heterocycles. The molecule has 3 aromatic carbocycles. The number of rotatable bonds is 11. The van der Waals surface area contributed by atoms with Gasteiger partial charge in [-0.2, -0.15) is 0 Å². The van der Waals surface area contributed by atoms with Crippen molar-refractivity contribution in [1.82, 2.24) is 4.90 Å². The fourth-order valence-electron chi connectivity index (χ4n) is 4.86. The summed E-state index contributed by atoms with van der Waals surface area (Å²) < 4.78 is 16.7. The maximum Gasteiger partial charge on any atom is 0.257 e. The lowest BCUT2D eigenvalue weighted by Crippen LogP contribution is -2.45. The van der Waals surface area contributed by atoms with Gasteiger partial charge in [0, 0.05) is 17.1 Å². The van der Waals surface area contributed by atoms with Crippen LogP contribution in [0.3, 0.4) is 0 Å². The van der Waals surface area contributed by atoms with Gasteiger partial charge in [-0.15, -0.1) is 0 Å². The Morgan fingerprint density at radius 1 is 0.975 bits per heavy atom. The monoisotopic (exact) mass is 562 g/mol. The molecule has 0 spiro atoms. The fourth-order valence-corrected chi connectivity index (χ4v) is 4.98. The maximum atomic E-state index is 13.7. The summed E-state index contributed by atoms with van der Waals surface area (Å²) in [4.78, 5) is 43.2. The molecule has 0 N–H and O–H groups in total. The predicted octanol–water partition coefficient (Wildman–Crippen LogP) is 6.00. The molecule has 1 atom stereocenters. The number of imide groups is 1. The highest BCUT2D eigenvalue weighted by Gasteiger charge is 2.44. The Kier molecular flexibility index (Phi) is 8.55. The molecule has 8 nitrogen and oxygen atoms in total. The number of ether oxygens (including phenoxy) is 3.